The lowest BCUT2D eigenvalue weighted by Gasteiger charge is -2.17. The summed E-state index contributed by atoms with van der Waals surface area (Å²) in [6.45, 7) is 0. The van der Waals surface area contributed by atoms with E-state index < -0.39 is 0 Å². The number of hydrogen-bond acceptors (Lipinski definition) is 3. The molecule has 4 heteroatoms. The van der Waals surface area contributed by atoms with E-state index in [2.05, 4.69) is 10.3 Å². The number of pyridine rings is 1. The molecule has 0 bridgehead atoms. The number of anilines is 2. The third-order valence-electron chi connectivity index (χ3n) is 2.72. The van der Waals surface area contributed by atoms with Crippen LogP contribution in [-0.4, -0.2) is 25.0 Å². The average molecular weight is 241 g/mol. The fourth-order valence-electron chi connectivity index (χ4n) is 1.72. The van der Waals surface area contributed by atoms with Crippen molar-refractivity contribution in [3.05, 3.63) is 54.2 Å². The molecule has 0 radical (unpaired) electrons. The van der Waals surface area contributed by atoms with Crippen molar-refractivity contribution in [1.29, 1.82) is 0 Å². The first-order chi connectivity index (χ1) is 8.74. The first-order valence-electron chi connectivity index (χ1n) is 5.70. The molecule has 0 unspecified atom stereocenters. The Kier molecular flexibility index (Phi) is 3.57. The maximum atomic E-state index is 12.4. The molecule has 0 spiro atoms. The van der Waals surface area contributed by atoms with Crippen molar-refractivity contribution in [2.75, 3.05) is 24.3 Å². The predicted molar refractivity (Wildman–Crippen MR) is 73.0 cm³/mol. The van der Waals surface area contributed by atoms with Crippen LogP contribution in [-0.2, 0) is 0 Å². The second-order valence-corrected chi connectivity index (χ2v) is 3.85. The molecule has 1 N–H and O–H groups in total. The minimum atomic E-state index is -0.0846. The summed E-state index contributed by atoms with van der Waals surface area (Å²) < 4.78 is 0. The van der Waals surface area contributed by atoms with Crippen LogP contribution in [0.1, 0.15) is 10.4 Å². The van der Waals surface area contributed by atoms with Crippen molar-refractivity contribution in [2.24, 2.45) is 0 Å². The number of para-hydroxylation sites is 1. The van der Waals surface area contributed by atoms with Gasteiger partial charge < -0.3 is 5.32 Å². The third kappa shape index (κ3) is 2.32. The normalized spacial score (nSPS) is 9.89. The molecule has 0 fully saturated rings. The smallest absolute Gasteiger partial charge is 0.261 e. The zero-order valence-electron chi connectivity index (χ0n) is 10.4. The minimum Gasteiger partial charge on any atom is -0.387 e. The van der Waals surface area contributed by atoms with Gasteiger partial charge >= 0.3 is 0 Å². The van der Waals surface area contributed by atoms with Crippen LogP contribution in [0.3, 0.4) is 0 Å². The number of amides is 1. The Morgan fingerprint density at radius 3 is 2.56 bits per heavy atom. The Hall–Kier alpha value is -2.36. The van der Waals surface area contributed by atoms with Gasteiger partial charge in [0.25, 0.3) is 5.91 Å². The monoisotopic (exact) mass is 241 g/mol. The van der Waals surface area contributed by atoms with Crippen molar-refractivity contribution >= 4 is 17.4 Å². The zero-order chi connectivity index (χ0) is 13.0. The number of nitrogens with one attached hydrogen (secondary N) is 1. The fourth-order valence-corrected chi connectivity index (χ4v) is 1.72. The van der Waals surface area contributed by atoms with Crippen LogP contribution in [0.2, 0.25) is 0 Å². The van der Waals surface area contributed by atoms with Crippen LogP contribution < -0.4 is 10.2 Å². The topological polar surface area (TPSA) is 45.2 Å². The highest BCUT2D eigenvalue weighted by molar-refractivity contribution is 6.08. The predicted octanol–water partition coefficient (Wildman–Crippen LogP) is 2.40. The third-order valence-corrected chi connectivity index (χ3v) is 2.72. The maximum absolute atomic E-state index is 12.4. The number of aromatic nitrogens is 1. The van der Waals surface area contributed by atoms with Crippen LogP contribution in [0.5, 0.6) is 0 Å². The quantitative estimate of drug-likeness (QED) is 0.897. The molecule has 92 valence electrons. The lowest BCUT2D eigenvalue weighted by Crippen LogP contribution is -2.27. The highest BCUT2D eigenvalue weighted by Gasteiger charge is 2.16. The van der Waals surface area contributed by atoms with Crippen LogP contribution in [0.15, 0.2) is 48.7 Å². The Balaban J connectivity index is 2.32. The second kappa shape index (κ2) is 5.31. The summed E-state index contributed by atoms with van der Waals surface area (Å²) in [6.07, 6.45) is 1.67. The van der Waals surface area contributed by atoms with E-state index in [4.69, 9.17) is 0 Å². The Morgan fingerprint density at radius 1 is 1.17 bits per heavy atom. The first-order valence-corrected chi connectivity index (χ1v) is 5.70. The molecule has 18 heavy (non-hydrogen) atoms. The largest absolute Gasteiger partial charge is 0.387 e. The molecular weight excluding hydrogens is 226 g/mol. The summed E-state index contributed by atoms with van der Waals surface area (Å²) in [7, 11) is 3.52. The lowest BCUT2D eigenvalue weighted by molar-refractivity contribution is 0.0993. The van der Waals surface area contributed by atoms with Gasteiger partial charge in [-0.15, -0.1) is 0 Å². The van der Waals surface area contributed by atoms with Crippen LogP contribution in [0, 0.1) is 0 Å². The van der Waals surface area contributed by atoms with E-state index in [1.165, 1.54) is 4.90 Å². The van der Waals surface area contributed by atoms with Gasteiger partial charge in [0.05, 0.1) is 5.56 Å². The van der Waals surface area contributed by atoms with Gasteiger partial charge in [0.15, 0.2) is 0 Å². The Labute approximate surface area is 106 Å². The number of carbonyl (C=O) groups excluding carboxylic acids is 1. The molecule has 1 heterocycles. The van der Waals surface area contributed by atoms with Crippen LogP contribution in [0.25, 0.3) is 0 Å². The van der Waals surface area contributed by atoms with Gasteiger partial charge in [-0.2, -0.15) is 0 Å². The molecule has 0 aliphatic rings. The molecule has 0 saturated heterocycles. The molecule has 0 atom stereocenters. The fraction of sp³-hybridized carbons (Fsp3) is 0.143. The van der Waals surface area contributed by atoms with Gasteiger partial charge in [-0.05, 0) is 24.3 Å². The molecule has 0 aliphatic carbocycles. The molecule has 4 nitrogen and oxygen atoms in total. The van der Waals surface area contributed by atoms with Crippen molar-refractivity contribution < 1.29 is 4.79 Å². The number of benzene rings is 1. The van der Waals surface area contributed by atoms with Crippen LogP contribution >= 0.6 is 0 Å². The van der Waals surface area contributed by atoms with Gasteiger partial charge in [0, 0.05) is 26.0 Å². The summed E-state index contributed by atoms with van der Waals surface area (Å²) >= 11 is 0. The molecule has 2 rings (SSSR count). The summed E-state index contributed by atoms with van der Waals surface area (Å²) in [5, 5.41) is 3.01. The van der Waals surface area contributed by atoms with E-state index in [9.17, 15) is 4.79 Å². The number of carbonyl (C=O) groups is 1. The number of rotatable bonds is 3. The summed E-state index contributed by atoms with van der Waals surface area (Å²) in [6, 6.07) is 12.9. The first kappa shape index (κ1) is 12.1. The van der Waals surface area contributed by atoms with Crippen LogP contribution in [0.4, 0.5) is 11.5 Å². The second-order valence-electron chi connectivity index (χ2n) is 3.85. The molecular formula is C14H15N3O. The molecule has 1 aromatic heterocycles. The lowest BCUT2D eigenvalue weighted by atomic mass is 10.1. The summed E-state index contributed by atoms with van der Waals surface area (Å²) in [5.41, 5.74) is 1.44. The van der Waals surface area contributed by atoms with Crippen molar-refractivity contribution in [2.45, 2.75) is 0 Å². The molecule has 0 saturated carbocycles. The van der Waals surface area contributed by atoms with E-state index in [1.54, 1.807) is 32.4 Å². The van der Waals surface area contributed by atoms with E-state index in [0.29, 0.717) is 11.4 Å². The molecule has 1 amide bonds. The Bertz CT molecular complexity index is 540. The average Bonchev–Trinajstić information content (AvgIpc) is 2.46. The van der Waals surface area contributed by atoms with Crippen molar-refractivity contribution in [3.8, 4) is 0 Å². The Morgan fingerprint density at radius 2 is 1.89 bits per heavy atom. The molecule has 1 aromatic carbocycles. The minimum absolute atomic E-state index is 0.0846. The highest BCUT2D eigenvalue weighted by atomic mass is 16.2. The van der Waals surface area contributed by atoms with Gasteiger partial charge in [-0.25, -0.2) is 4.98 Å². The molecule has 2 aromatic rings. The van der Waals surface area contributed by atoms with E-state index in [-0.39, 0.29) is 5.91 Å². The van der Waals surface area contributed by atoms with E-state index in [0.717, 1.165) is 5.69 Å². The van der Waals surface area contributed by atoms with Crippen molar-refractivity contribution in [3.63, 3.8) is 0 Å². The van der Waals surface area contributed by atoms with E-state index in [1.807, 2.05) is 30.3 Å². The highest BCUT2D eigenvalue weighted by Crippen LogP contribution is 2.18. The van der Waals surface area contributed by atoms with Gasteiger partial charge in [-0.3, -0.25) is 9.69 Å². The van der Waals surface area contributed by atoms with Crippen molar-refractivity contribution in [1.82, 2.24) is 4.98 Å². The maximum Gasteiger partial charge on any atom is 0.261 e. The standard InChI is InChI=1S/C14H15N3O/c1-15-12-8-4-3-7-11(12)14(18)17(2)13-9-5-6-10-16-13/h3-10,15H,1-2H3. The number of hydrogen-bond donors (Lipinski definition) is 1. The van der Waals surface area contributed by atoms with E-state index >= 15 is 0 Å². The van der Waals surface area contributed by atoms with Gasteiger partial charge in [0.2, 0.25) is 0 Å². The SMILES string of the molecule is CNc1ccccc1C(=O)N(C)c1ccccn1. The molecule has 0 aliphatic heterocycles. The number of nitrogens with zero attached hydrogens (tertiary/aromatic N) is 2. The van der Waals surface area contributed by atoms with Gasteiger partial charge in [0.1, 0.15) is 5.82 Å². The zero-order valence-corrected chi connectivity index (χ0v) is 10.4. The van der Waals surface area contributed by atoms with Gasteiger partial charge in [-0.1, -0.05) is 18.2 Å². The summed E-state index contributed by atoms with van der Waals surface area (Å²) in [5.74, 6) is 0.548. The summed E-state index contributed by atoms with van der Waals surface area (Å²) in [4.78, 5) is 18.1.